The average Bonchev–Trinajstić information content (AvgIpc) is 2.81. The topological polar surface area (TPSA) is 84.2 Å². The summed E-state index contributed by atoms with van der Waals surface area (Å²) in [6, 6.07) is 0. The van der Waals surface area contributed by atoms with Crippen molar-refractivity contribution in [2.45, 2.75) is 70.9 Å². The van der Waals surface area contributed by atoms with E-state index in [1.807, 2.05) is 27.7 Å². The summed E-state index contributed by atoms with van der Waals surface area (Å²) in [6.45, 7) is 7.86. The summed E-state index contributed by atoms with van der Waals surface area (Å²) in [5.41, 5.74) is -0.161. The number of carbonyl (C=O) groups excluding carboxylic acids is 1. The van der Waals surface area contributed by atoms with Gasteiger partial charge in [-0.3, -0.25) is 9.48 Å². The zero-order chi connectivity index (χ0) is 16.5. The van der Waals surface area contributed by atoms with E-state index in [0.29, 0.717) is 18.4 Å². The van der Waals surface area contributed by atoms with Crippen molar-refractivity contribution in [1.82, 2.24) is 15.1 Å². The minimum atomic E-state index is -1.13. The number of rotatable bonds is 3. The summed E-state index contributed by atoms with van der Waals surface area (Å²) >= 11 is 0. The molecule has 0 bridgehead atoms. The van der Waals surface area contributed by atoms with E-state index in [2.05, 4.69) is 10.4 Å². The van der Waals surface area contributed by atoms with Gasteiger partial charge in [0.05, 0.1) is 17.3 Å². The lowest BCUT2D eigenvalue weighted by molar-refractivity contribution is -0.145. The van der Waals surface area contributed by atoms with Gasteiger partial charge in [0.15, 0.2) is 0 Å². The fourth-order valence-corrected chi connectivity index (χ4v) is 3.14. The van der Waals surface area contributed by atoms with E-state index in [4.69, 9.17) is 0 Å². The molecule has 1 aromatic rings. The quantitative estimate of drug-likeness (QED) is 0.898. The third-order valence-corrected chi connectivity index (χ3v) is 4.36. The molecule has 1 fully saturated rings. The number of nitrogens with one attached hydrogen (secondary N) is 1. The molecule has 0 saturated heterocycles. The second-order valence-corrected chi connectivity index (χ2v) is 7.13. The first-order valence-corrected chi connectivity index (χ1v) is 7.78. The third kappa shape index (κ3) is 3.00. The molecule has 1 aliphatic carbocycles. The van der Waals surface area contributed by atoms with E-state index in [0.717, 1.165) is 25.0 Å². The van der Waals surface area contributed by atoms with Crippen LogP contribution in [-0.4, -0.2) is 32.3 Å². The van der Waals surface area contributed by atoms with Gasteiger partial charge in [-0.25, -0.2) is 4.79 Å². The van der Waals surface area contributed by atoms with Crippen molar-refractivity contribution in [2.24, 2.45) is 0 Å². The van der Waals surface area contributed by atoms with Gasteiger partial charge in [-0.15, -0.1) is 0 Å². The lowest BCUT2D eigenvalue weighted by atomic mass is 9.81. The van der Waals surface area contributed by atoms with E-state index < -0.39 is 11.5 Å². The van der Waals surface area contributed by atoms with Gasteiger partial charge in [0.25, 0.3) is 5.91 Å². The van der Waals surface area contributed by atoms with Gasteiger partial charge < -0.3 is 10.4 Å². The van der Waals surface area contributed by atoms with Gasteiger partial charge in [0, 0.05) is 5.69 Å². The Morgan fingerprint density at radius 1 is 1.27 bits per heavy atom. The molecule has 0 spiro atoms. The van der Waals surface area contributed by atoms with Crippen LogP contribution in [0.25, 0.3) is 0 Å². The van der Waals surface area contributed by atoms with Gasteiger partial charge >= 0.3 is 5.97 Å². The summed E-state index contributed by atoms with van der Waals surface area (Å²) in [6.07, 6.45) is 5.17. The Labute approximate surface area is 130 Å². The first kappa shape index (κ1) is 16.5. The number of aliphatic carboxylic acids is 1. The summed E-state index contributed by atoms with van der Waals surface area (Å²) in [7, 11) is 0. The lowest BCUT2D eigenvalue weighted by Crippen LogP contribution is -2.55. The Balaban J connectivity index is 2.25. The van der Waals surface area contributed by atoms with Crippen molar-refractivity contribution in [3.05, 3.63) is 17.5 Å². The monoisotopic (exact) mass is 307 g/mol. The van der Waals surface area contributed by atoms with Crippen molar-refractivity contribution in [3.8, 4) is 0 Å². The maximum absolute atomic E-state index is 12.6. The molecule has 1 amide bonds. The number of amides is 1. The maximum Gasteiger partial charge on any atom is 0.329 e. The Kier molecular flexibility index (Phi) is 4.31. The van der Waals surface area contributed by atoms with E-state index in [-0.39, 0.29) is 11.4 Å². The highest BCUT2D eigenvalue weighted by Crippen LogP contribution is 2.29. The second kappa shape index (κ2) is 5.74. The minimum Gasteiger partial charge on any atom is -0.480 e. The number of carbonyl (C=O) groups is 2. The SMILES string of the molecule is Cc1c(C(=O)NC2(C(=O)O)CCCCC2)cnn1C(C)(C)C. The van der Waals surface area contributed by atoms with Crippen LogP contribution in [0.15, 0.2) is 6.20 Å². The molecule has 0 atom stereocenters. The first-order chi connectivity index (χ1) is 10.2. The van der Waals surface area contributed by atoms with Crippen LogP contribution < -0.4 is 5.32 Å². The fourth-order valence-electron chi connectivity index (χ4n) is 3.14. The molecule has 2 N–H and O–H groups in total. The molecule has 0 radical (unpaired) electrons. The highest BCUT2D eigenvalue weighted by Gasteiger charge is 2.41. The molecule has 122 valence electrons. The molecule has 0 unspecified atom stereocenters. The predicted molar refractivity (Wildman–Crippen MR) is 82.9 cm³/mol. The number of carboxylic acid groups (broad SMARTS) is 1. The van der Waals surface area contributed by atoms with Crippen LogP contribution in [0.5, 0.6) is 0 Å². The number of hydrogen-bond acceptors (Lipinski definition) is 3. The van der Waals surface area contributed by atoms with Crippen LogP contribution in [-0.2, 0) is 10.3 Å². The van der Waals surface area contributed by atoms with E-state index >= 15 is 0 Å². The molecular weight excluding hydrogens is 282 g/mol. The standard InChI is InChI=1S/C16H25N3O3/c1-11-12(10-17-19(11)15(2,3)4)13(20)18-16(14(21)22)8-6-5-7-9-16/h10H,5-9H2,1-4H3,(H,18,20)(H,21,22). The Hall–Kier alpha value is -1.85. The molecule has 0 aromatic carbocycles. The highest BCUT2D eigenvalue weighted by molar-refractivity contribution is 5.98. The Morgan fingerprint density at radius 3 is 2.32 bits per heavy atom. The van der Waals surface area contributed by atoms with Crippen LogP contribution in [0.3, 0.4) is 0 Å². The summed E-state index contributed by atoms with van der Waals surface area (Å²) in [5, 5.41) is 16.6. The summed E-state index contributed by atoms with van der Waals surface area (Å²) < 4.78 is 1.79. The van der Waals surface area contributed by atoms with Gasteiger partial charge in [-0.05, 0) is 40.5 Å². The molecule has 1 heterocycles. The predicted octanol–water partition coefficient (Wildman–Crippen LogP) is 2.46. The van der Waals surface area contributed by atoms with Gasteiger partial charge in [0.1, 0.15) is 5.54 Å². The molecular formula is C16H25N3O3. The van der Waals surface area contributed by atoms with Gasteiger partial charge in [-0.1, -0.05) is 19.3 Å². The zero-order valence-corrected chi connectivity index (χ0v) is 13.8. The molecule has 1 aliphatic rings. The van der Waals surface area contributed by atoms with Crippen LogP contribution in [0.1, 0.15) is 68.9 Å². The summed E-state index contributed by atoms with van der Waals surface area (Å²) in [4.78, 5) is 24.2. The zero-order valence-electron chi connectivity index (χ0n) is 13.8. The fraction of sp³-hybridized carbons (Fsp3) is 0.688. The minimum absolute atomic E-state index is 0.224. The molecule has 22 heavy (non-hydrogen) atoms. The average molecular weight is 307 g/mol. The molecule has 1 aromatic heterocycles. The van der Waals surface area contributed by atoms with Gasteiger partial charge in [0.2, 0.25) is 0 Å². The Bertz CT molecular complexity index is 578. The second-order valence-electron chi connectivity index (χ2n) is 7.13. The molecule has 6 heteroatoms. The van der Waals surface area contributed by atoms with Crippen LogP contribution in [0.2, 0.25) is 0 Å². The van der Waals surface area contributed by atoms with Crippen molar-refractivity contribution >= 4 is 11.9 Å². The molecule has 6 nitrogen and oxygen atoms in total. The van der Waals surface area contributed by atoms with Crippen LogP contribution in [0.4, 0.5) is 0 Å². The van der Waals surface area contributed by atoms with Crippen molar-refractivity contribution in [3.63, 3.8) is 0 Å². The number of hydrogen-bond donors (Lipinski definition) is 2. The lowest BCUT2D eigenvalue weighted by Gasteiger charge is -2.34. The van der Waals surface area contributed by atoms with Crippen molar-refractivity contribution in [2.75, 3.05) is 0 Å². The normalized spacial score (nSPS) is 18.0. The highest BCUT2D eigenvalue weighted by atomic mass is 16.4. The maximum atomic E-state index is 12.6. The largest absolute Gasteiger partial charge is 0.480 e. The number of aromatic nitrogens is 2. The third-order valence-electron chi connectivity index (χ3n) is 4.36. The van der Waals surface area contributed by atoms with Crippen LogP contribution in [0, 0.1) is 6.92 Å². The van der Waals surface area contributed by atoms with Gasteiger partial charge in [-0.2, -0.15) is 5.10 Å². The van der Waals surface area contributed by atoms with E-state index in [1.54, 1.807) is 4.68 Å². The van der Waals surface area contributed by atoms with E-state index in [1.165, 1.54) is 6.20 Å². The molecule has 0 aliphatic heterocycles. The first-order valence-electron chi connectivity index (χ1n) is 7.78. The number of nitrogens with zero attached hydrogens (tertiary/aromatic N) is 2. The summed E-state index contributed by atoms with van der Waals surface area (Å²) in [5.74, 6) is -1.29. The molecule has 2 rings (SSSR count). The van der Waals surface area contributed by atoms with Crippen LogP contribution >= 0.6 is 0 Å². The smallest absolute Gasteiger partial charge is 0.329 e. The van der Waals surface area contributed by atoms with Crippen molar-refractivity contribution < 1.29 is 14.7 Å². The molecule has 1 saturated carbocycles. The number of carboxylic acids is 1. The Morgan fingerprint density at radius 2 is 1.86 bits per heavy atom. The van der Waals surface area contributed by atoms with Crippen molar-refractivity contribution in [1.29, 1.82) is 0 Å². The van der Waals surface area contributed by atoms with E-state index in [9.17, 15) is 14.7 Å².